The molecule has 0 radical (unpaired) electrons. The lowest BCUT2D eigenvalue weighted by atomic mass is 9.95. The number of benzene rings is 2. The lowest BCUT2D eigenvalue weighted by Gasteiger charge is -2.34. The van der Waals surface area contributed by atoms with Crippen LogP contribution in [0, 0.1) is 0 Å². The number of methoxy groups -OCH3 is 3. The predicted octanol–water partition coefficient (Wildman–Crippen LogP) is 4.13. The van der Waals surface area contributed by atoms with E-state index < -0.39 is 6.04 Å². The molecule has 1 atom stereocenters. The first kappa shape index (κ1) is 32.6. The summed E-state index contributed by atoms with van der Waals surface area (Å²) in [6.45, 7) is 5.10. The second-order valence-electron chi connectivity index (χ2n) is 11.4. The molecule has 5 rings (SSSR count). The number of carbonyl (C=O) groups excluding carboxylic acids is 2. The van der Waals surface area contributed by atoms with Gasteiger partial charge in [-0.3, -0.25) is 19.3 Å². The quantitative estimate of drug-likeness (QED) is 0.346. The highest BCUT2D eigenvalue weighted by Crippen LogP contribution is 2.50. The summed E-state index contributed by atoms with van der Waals surface area (Å²) in [4.78, 5) is 43.1. The standard InChI is InChI=1S/C36H42N4O6/c1-24(41)38-29-14-12-26-21-32(44-2)35(45-3)36(46-4)34(26)27-13-15-30(31(42)22-28(27)29)37-23-33(43)40-19-17-39(18-20-40)16-8-11-25-9-6-5-7-10-25/h5-11,13,15,21-22,29H,12,14,16-20,23H2,1-4H3,(H,37,42)(H,38,41). The number of fused-ring (bicyclic) bond motifs is 3. The molecule has 1 aliphatic heterocycles. The Morgan fingerprint density at radius 3 is 2.35 bits per heavy atom. The van der Waals surface area contributed by atoms with Gasteiger partial charge < -0.3 is 29.7 Å². The Labute approximate surface area is 270 Å². The van der Waals surface area contributed by atoms with Gasteiger partial charge in [-0.1, -0.05) is 48.6 Å². The minimum absolute atomic E-state index is 0.00210. The molecule has 46 heavy (non-hydrogen) atoms. The van der Waals surface area contributed by atoms with E-state index in [2.05, 4.69) is 39.8 Å². The van der Waals surface area contributed by atoms with Crippen molar-refractivity contribution in [2.75, 3.05) is 65.9 Å². The lowest BCUT2D eigenvalue weighted by molar-refractivity contribution is -0.131. The summed E-state index contributed by atoms with van der Waals surface area (Å²) in [6.07, 6.45) is 5.44. The molecule has 0 saturated carbocycles. The van der Waals surface area contributed by atoms with Crippen molar-refractivity contribution in [3.05, 3.63) is 87.6 Å². The lowest BCUT2D eigenvalue weighted by Crippen LogP contribution is -2.50. The maximum Gasteiger partial charge on any atom is 0.241 e. The van der Waals surface area contributed by atoms with Crippen molar-refractivity contribution in [1.29, 1.82) is 0 Å². The van der Waals surface area contributed by atoms with E-state index in [-0.39, 0.29) is 23.8 Å². The third-order valence-electron chi connectivity index (χ3n) is 8.54. The number of ether oxygens (including phenoxy) is 3. The Morgan fingerprint density at radius 1 is 0.935 bits per heavy atom. The summed E-state index contributed by atoms with van der Waals surface area (Å²) in [5.41, 5.74) is 4.31. The van der Waals surface area contributed by atoms with E-state index >= 15 is 0 Å². The van der Waals surface area contributed by atoms with Gasteiger partial charge in [-0.05, 0) is 53.3 Å². The van der Waals surface area contributed by atoms with E-state index in [1.165, 1.54) is 12.5 Å². The van der Waals surface area contributed by atoms with Crippen LogP contribution >= 0.6 is 0 Å². The van der Waals surface area contributed by atoms with Gasteiger partial charge in [0.05, 0.1) is 39.6 Å². The summed E-state index contributed by atoms with van der Waals surface area (Å²) < 4.78 is 17.1. The number of hydrogen-bond acceptors (Lipinski definition) is 8. The molecule has 2 N–H and O–H groups in total. The summed E-state index contributed by atoms with van der Waals surface area (Å²) in [6, 6.07) is 16.8. The zero-order chi connectivity index (χ0) is 32.6. The van der Waals surface area contributed by atoms with Gasteiger partial charge in [0, 0.05) is 45.2 Å². The molecule has 1 aliphatic carbocycles. The van der Waals surface area contributed by atoms with Gasteiger partial charge >= 0.3 is 0 Å². The largest absolute Gasteiger partial charge is 0.493 e. The van der Waals surface area contributed by atoms with Crippen LogP contribution < -0.4 is 30.3 Å². The van der Waals surface area contributed by atoms with Gasteiger partial charge in [-0.15, -0.1) is 0 Å². The van der Waals surface area contributed by atoms with E-state index in [9.17, 15) is 14.4 Å². The van der Waals surface area contributed by atoms with Crippen LogP contribution in [0.1, 0.15) is 36.1 Å². The number of aryl methyl sites for hydroxylation is 1. The van der Waals surface area contributed by atoms with Crippen LogP contribution in [0.25, 0.3) is 17.2 Å². The number of nitrogens with zero attached hydrogens (tertiary/aromatic N) is 2. The molecule has 1 unspecified atom stereocenters. The molecular formula is C36H42N4O6. The van der Waals surface area contributed by atoms with Crippen LogP contribution in [0.5, 0.6) is 17.2 Å². The van der Waals surface area contributed by atoms with Crippen molar-refractivity contribution < 1.29 is 23.8 Å². The van der Waals surface area contributed by atoms with E-state index in [1.807, 2.05) is 35.2 Å². The molecule has 0 spiro atoms. The Balaban J connectivity index is 1.34. The van der Waals surface area contributed by atoms with Crippen molar-refractivity contribution in [1.82, 2.24) is 15.1 Å². The molecule has 10 heteroatoms. The van der Waals surface area contributed by atoms with Gasteiger partial charge in [0.1, 0.15) is 0 Å². The van der Waals surface area contributed by atoms with Crippen LogP contribution in [0.3, 0.4) is 0 Å². The van der Waals surface area contributed by atoms with Gasteiger partial charge in [-0.25, -0.2) is 0 Å². The molecule has 0 bridgehead atoms. The highest BCUT2D eigenvalue weighted by atomic mass is 16.5. The molecule has 3 aromatic carbocycles. The van der Waals surface area contributed by atoms with Crippen molar-refractivity contribution in [3.63, 3.8) is 0 Å². The summed E-state index contributed by atoms with van der Waals surface area (Å²) >= 11 is 0. The molecule has 1 saturated heterocycles. The molecule has 242 valence electrons. The first-order chi connectivity index (χ1) is 22.3. The van der Waals surface area contributed by atoms with Gasteiger partial charge in [0.2, 0.25) is 23.0 Å². The number of rotatable bonds is 10. The first-order valence-corrected chi connectivity index (χ1v) is 15.6. The van der Waals surface area contributed by atoms with Crippen molar-refractivity contribution in [2.45, 2.75) is 25.8 Å². The molecule has 2 amide bonds. The number of amides is 2. The van der Waals surface area contributed by atoms with Crippen molar-refractivity contribution >= 4 is 23.6 Å². The fraction of sp³-hybridized carbons (Fsp3) is 0.361. The maximum absolute atomic E-state index is 13.6. The molecule has 0 aromatic heterocycles. The molecule has 3 aromatic rings. The minimum Gasteiger partial charge on any atom is -0.493 e. The zero-order valence-corrected chi connectivity index (χ0v) is 26.9. The molecule has 2 aliphatic rings. The van der Waals surface area contributed by atoms with E-state index in [0.717, 1.165) is 36.3 Å². The van der Waals surface area contributed by atoms with Crippen molar-refractivity contribution in [3.8, 4) is 28.4 Å². The fourth-order valence-electron chi connectivity index (χ4n) is 6.22. The minimum atomic E-state index is -0.407. The molecule has 1 heterocycles. The topological polar surface area (TPSA) is 109 Å². The Morgan fingerprint density at radius 2 is 1.67 bits per heavy atom. The zero-order valence-electron chi connectivity index (χ0n) is 26.9. The van der Waals surface area contributed by atoms with E-state index in [0.29, 0.717) is 54.4 Å². The second kappa shape index (κ2) is 15.0. The van der Waals surface area contributed by atoms with Crippen LogP contribution in [0.2, 0.25) is 0 Å². The van der Waals surface area contributed by atoms with Gasteiger partial charge in [-0.2, -0.15) is 0 Å². The Hall–Kier alpha value is -4.83. The average Bonchev–Trinajstić information content (AvgIpc) is 3.31. The number of nitrogens with one attached hydrogen (secondary N) is 2. The average molecular weight is 627 g/mol. The SMILES string of the molecule is COc1cc2c(c(OC)c1OC)-c1ccc(NCC(=O)N3CCN(CC=Cc4ccccc4)CC3)c(=O)cc1C(NC(C)=O)CC2. The summed E-state index contributed by atoms with van der Waals surface area (Å²) in [5.74, 6) is 1.20. The molecular weight excluding hydrogens is 584 g/mol. The Bertz CT molecular complexity index is 1650. The van der Waals surface area contributed by atoms with Crippen molar-refractivity contribution in [2.24, 2.45) is 0 Å². The van der Waals surface area contributed by atoms with Crippen LogP contribution in [0.4, 0.5) is 5.69 Å². The van der Waals surface area contributed by atoms with E-state index in [1.54, 1.807) is 33.5 Å². The van der Waals surface area contributed by atoms with Crippen LogP contribution in [-0.2, 0) is 16.0 Å². The number of hydrogen-bond donors (Lipinski definition) is 2. The second-order valence-corrected chi connectivity index (χ2v) is 11.4. The highest BCUT2D eigenvalue weighted by Gasteiger charge is 2.29. The molecule has 10 nitrogen and oxygen atoms in total. The summed E-state index contributed by atoms with van der Waals surface area (Å²) in [5, 5.41) is 6.10. The monoisotopic (exact) mass is 626 g/mol. The first-order valence-electron chi connectivity index (χ1n) is 15.6. The smallest absolute Gasteiger partial charge is 0.241 e. The van der Waals surface area contributed by atoms with Gasteiger partial charge in [0.25, 0.3) is 0 Å². The van der Waals surface area contributed by atoms with E-state index in [4.69, 9.17) is 14.2 Å². The highest BCUT2D eigenvalue weighted by molar-refractivity contribution is 5.84. The van der Waals surface area contributed by atoms with Gasteiger partial charge in [0.15, 0.2) is 11.5 Å². The predicted molar refractivity (Wildman–Crippen MR) is 180 cm³/mol. The maximum atomic E-state index is 13.6. The number of piperazine rings is 1. The number of anilines is 1. The third kappa shape index (κ3) is 7.34. The molecule has 1 fully saturated rings. The van der Waals surface area contributed by atoms with Crippen LogP contribution in [0.15, 0.2) is 65.5 Å². The fourth-order valence-corrected chi connectivity index (χ4v) is 6.22. The Kier molecular flexibility index (Phi) is 10.6. The normalized spacial score (nSPS) is 16.2. The summed E-state index contributed by atoms with van der Waals surface area (Å²) in [7, 11) is 4.68. The van der Waals surface area contributed by atoms with Crippen LogP contribution in [-0.4, -0.2) is 82.2 Å². The number of carbonyl (C=O) groups is 2. The third-order valence-corrected chi connectivity index (χ3v) is 8.54.